The Morgan fingerprint density at radius 2 is 2.00 bits per heavy atom. The average Bonchev–Trinajstić information content (AvgIpc) is 2.61. The van der Waals surface area contributed by atoms with Gasteiger partial charge in [-0.3, -0.25) is 0 Å². The van der Waals surface area contributed by atoms with Crippen LogP contribution in [0.4, 0.5) is 0 Å². The lowest BCUT2D eigenvalue weighted by Gasteiger charge is -2.14. The first kappa shape index (κ1) is 18.5. The number of nitrogens with zero attached hydrogens (tertiary/aromatic N) is 2. The van der Waals surface area contributed by atoms with E-state index in [1.54, 1.807) is 13.8 Å². The van der Waals surface area contributed by atoms with Gasteiger partial charge in [-0.05, 0) is 25.5 Å². The average molecular weight is 357 g/mol. The van der Waals surface area contributed by atoms with Crippen molar-refractivity contribution in [2.24, 2.45) is 0 Å². The van der Waals surface area contributed by atoms with Crippen LogP contribution in [-0.2, 0) is 9.53 Å². The molecular formula is C19H17ClN2O3. The first-order chi connectivity index (χ1) is 12.1. The second kappa shape index (κ2) is 8.86. The van der Waals surface area contributed by atoms with E-state index >= 15 is 0 Å². The predicted molar refractivity (Wildman–Crippen MR) is 96.2 cm³/mol. The largest absolute Gasteiger partial charge is 0.477 e. The summed E-state index contributed by atoms with van der Waals surface area (Å²) in [5, 5.41) is 9.78. The molecule has 0 unspecified atom stereocenters. The van der Waals surface area contributed by atoms with Crippen LogP contribution in [0.25, 0.3) is 17.2 Å². The summed E-state index contributed by atoms with van der Waals surface area (Å²) >= 11 is 6.31. The summed E-state index contributed by atoms with van der Waals surface area (Å²) < 4.78 is 10.3. The van der Waals surface area contributed by atoms with Crippen LogP contribution < -0.4 is 4.74 Å². The van der Waals surface area contributed by atoms with Crippen molar-refractivity contribution < 1.29 is 14.3 Å². The summed E-state index contributed by atoms with van der Waals surface area (Å²) in [6, 6.07) is 11.4. The summed E-state index contributed by atoms with van der Waals surface area (Å²) in [7, 11) is 0. The zero-order valence-electron chi connectivity index (χ0n) is 14.0. The fourth-order valence-corrected chi connectivity index (χ4v) is 2.53. The van der Waals surface area contributed by atoms with Crippen LogP contribution in [0.1, 0.15) is 25.0 Å². The normalized spacial score (nSPS) is 10.5. The standard InChI is InChI=1S/C19H17ClN2O3/c1-3-24-16(23)11-10-14-17(13-8-6-5-7-9-13)15(12-21)19(25-4-2)22-18(14)20/h5-11H,3-4H2,1-2H3/b11-10+. The molecule has 1 aromatic carbocycles. The second-order valence-corrected chi connectivity index (χ2v) is 5.23. The fraction of sp³-hybridized carbons (Fsp3) is 0.211. The molecule has 0 aliphatic carbocycles. The molecule has 0 aliphatic rings. The highest BCUT2D eigenvalue weighted by molar-refractivity contribution is 6.31. The van der Waals surface area contributed by atoms with Gasteiger partial charge in [0.2, 0.25) is 5.88 Å². The number of halogens is 1. The van der Waals surface area contributed by atoms with Gasteiger partial charge in [0.1, 0.15) is 16.8 Å². The van der Waals surface area contributed by atoms with Crippen molar-refractivity contribution >= 4 is 23.6 Å². The summed E-state index contributed by atoms with van der Waals surface area (Å²) in [6.45, 7) is 4.14. The summed E-state index contributed by atoms with van der Waals surface area (Å²) in [6.07, 6.45) is 2.77. The summed E-state index contributed by atoms with van der Waals surface area (Å²) in [5.41, 5.74) is 2.06. The third kappa shape index (κ3) is 4.37. The Bertz CT molecular complexity index is 827. The molecule has 0 aliphatic heterocycles. The van der Waals surface area contributed by atoms with Crippen LogP contribution in [0.3, 0.4) is 0 Å². The van der Waals surface area contributed by atoms with Crippen molar-refractivity contribution in [3.8, 4) is 23.1 Å². The van der Waals surface area contributed by atoms with Gasteiger partial charge in [0.05, 0.1) is 13.2 Å². The number of carbonyl (C=O) groups excluding carboxylic acids is 1. The van der Waals surface area contributed by atoms with E-state index in [1.807, 2.05) is 30.3 Å². The molecule has 0 amide bonds. The van der Waals surface area contributed by atoms with E-state index in [0.717, 1.165) is 5.56 Å². The van der Waals surface area contributed by atoms with E-state index in [2.05, 4.69) is 11.1 Å². The quantitative estimate of drug-likeness (QED) is 0.439. The highest BCUT2D eigenvalue weighted by atomic mass is 35.5. The maximum Gasteiger partial charge on any atom is 0.330 e. The third-order valence-electron chi connectivity index (χ3n) is 3.28. The number of ether oxygens (including phenoxy) is 2. The van der Waals surface area contributed by atoms with Gasteiger partial charge in [0.25, 0.3) is 0 Å². The van der Waals surface area contributed by atoms with E-state index in [4.69, 9.17) is 21.1 Å². The summed E-state index contributed by atoms with van der Waals surface area (Å²) in [5.74, 6) is -0.327. The molecule has 1 aromatic heterocycles. The molecule has 25 heavy (non-hydrogen) atoms. The number of hydrogen-bond donors (Lipinski definition) is 0. The Hall–Kier alpha value is -2.84. The van der Waals surface area contributed by atoms with Crippen LogP contribution in [-0.4, -0.2) is 24.2 Å². The van der Waals surface area contributed by atoms with Crippen LogP contribution in [0.15, 0.2) is 36.4 Å². The van der Waals surface area contributed by atoms with Crippen molar-refractivity contribution in [2.45, 2.75) is 13.8 Å². The van der Waals surface area contributed by atoms with Crippen molar-refractivity contribution in [1.82, 2.24) is 4.98 Å². The molecule has 128 valence electrons. The zero-order chi connectivity index (χ0) is 18.2. The number of hydrogen-bond acceptors (Lipinski definition) is 5. The lowest BCUT2D eigenvalue weighted by molar-refractivity contribution is -0.137. The van der Waals surface area contributed by atoms with Gasteiger partial charge in [-0.15, -0.1) is 0 Å². The van der Waals surface area contributed by atoms with Crippen LogP contribution in [0, 0.1) is 11.3 Å². The van der Waals surface area contributed by atoms with Gasteiger partial charge in [0.15, 0.2) is 0 Å². The van der Waals surface area contributed by atoms with E-state index < -0.39 is 5.97 Å². The second-order valence-electron chi connectivity index (χ2n) is 4.87. The van der Waals surface area contributed by atoms with E-state index in [1.165, 1.54) is 12.2 Å². The topological polar surface area (TPSA) is 72.2 Å². The minimum absolute atomic E-state index is 0.141. The van der Waals surface area contributed by atoms with Gasteiger partial charge in [-0.25, -0.2) is 4.79 Å². The lowest BCUT2D eigenvalue weighted by Crippen LogP contribution is -2.03. The Balaban J connectivity index is 2.69. The molecule has 0 bridgehead atoms. The Morgan fingerprint density at radius 3 is 2.60 bits per heavy atom. The highest BCUT2D eigenvalue weighted by Crippen LogP contribution is 2.36. The Kier molecular flexibility index (Phi) is 6.55. The third-order valence-corrected chi connectivity index (χ3v) is 3.57. The number of pyridine rings is 1. The van der Waals surface area contributed by atoms with Crippen molar-refractivity contribution in [2.75, 3.05) is 13.2 Å². The molecule has 0 saturated carbocycles. The Labute approximate surface area is 151 Å². The predicted octanol–water partition coefficient (Wildman–Crippen LogP) is 4.25. The SMILES string of the molecule is CCOC(=O)/C=C/c1c(Cl)nc(OCC)c(C#N)c1-c1ccccc1. The molecule has 0 atom stereocenters. The zero-order valence-corrected chi connectivity index (χ0v) is 14.7. The van der Waals surface area contributed by atoms with Gasteiger partial charge in [-0.1, -0.05) is 41.9 Å². The molecular weight excluding hydrogens is 340 g/mol. The molecule has 0 saturated heterocycles. The van der Waals surface area contributed by atoms with Gasteiger partial charge >= 0.3 is 5.97 Å². The molecule has 0 radical (unpaired) electrons. The summed E-state index contributed by atoms with van der Waals surface area (Å²) in [4.78, 5) is 15.8. The van der Waals surface area contributed by atoms with Crippen molar-refractivity contribution in [3.05, 3.63) is 52.7 Å². The Morgan fingerprint density at radius 1 is 1.28 bits per heavy atom. The lowest BCUT2D eigenvalue weighted by atomic mass is 9.96. The first-order valence-electron chi connectivity index (χ1n) is 7.79. The molecule has 1 heterocycles. The van der Waals surface area contributed by atoms with E-state index in [9.17, 15) is 10.1 Å². The number of aromatic nitrogens is 1. The molecule has 2 aromatic rings. The van der Waals surface area contributed by atoms with Crippen LogP contribution in [0.2, 0.25) is 5.15 Å². The number of rotatable bonds is 6. The van der Waals surface area contributed by atoms with Gasteiger partial charge < -0.3 is 9.47 Å². The highest BCUT2D eigenvalue weighted by Gasteiger charge is 2.20. The number of benzene rings is 1. The fourth-order valence-electron chi connectivity index (χ4n) is 2.29. The molecule has 0 N–H and O–H groups in total. The minimum atomic E-state index is -0.495. The smallest absolute Gasteiger partial charge is 0.330 e. The van der Waals surface area contributed by atoms with Crippen LogP contribution in [0.5, 0.6) is 5.88 Å². The molecule has 0 spiro atoms. The molecule has 0 fully saturated rings. The molecule has 2 rings (SSSR count). The minimum Gasteiger partial charge on any atom is -0.477 e. The van der Waals surface area contributed by atoms with Crippen molar-refractivity contribution in [1.29, 1.82) is 5.26 Å². The maximum atomic E-state index is 11.6. The van der Waals surface area contributed by atoms with Gasteiger partial charge in [-0.2, -0.15) is 10.2 Å². The van der Waals surface area contributed by atoms with E-state index in [0.29, 0.717) is 17.7 Å². The van der Waals surface area contributed by atoms with Crippen molar-refractivity contribution in [3.63, 3.8) is 0 Å². The maximum absolute atomic E-state index is 11.6. The molecule has 5 nitrogen and oxygen atoms in total. The van der Waals surface area contributed by atoms with Crippen LogP contribution >= 0.6 is 11.6 Å². The monoisotopic (exact) mass is 356 g/mol. The number of nitriles is 1. The first-order valence-corrected chi connectivity index (χ1v) is 8.16. The molecule has 6 heteroatoms. The number of carbonyl (C=O) groups is 1. The van der Waals surface area contributed by atoms with E-state index in [-0.39, 0.29) is 23.2 Å². The number of esters is 1. The van der Waals surface area contributed by atoms with Gasteiger partial charge in [0, 0.05) is 17.2 Å².